The summed E-state index contributed by atoms with van der Waals surface area (Å²) in [4.78, 5) is 20.2. The summed E-state index contributed by atoms with van der Waals surface area (Å²) >= 11 is 0.547. The van der Waals surface area contributed by atoms with Gasteiger partial charge in [0.05, 0.1) is 16.7 Å². The highest BCUT2D eigenvalue weighted by Crippen LogP contribution is 2.54. The first-order chi connectivity index (χ1) is 12.8. The highest BCUT2D eigenvalue weighted by atomic mass is 32.2. The molecule has 8 heteroatoms. The van der Waals surface area contributed by atoms with Gasteiger partial charge in [0, 0.05) is 34.7 Å². The highest BCUT2D eigenvalue weighted by molar-refractivity contribution is 7.90. The molecule has 0 aromatic carbocycles. The molecule has 1 aliphatic heterocycles. The Balaban J connectivity index is 1.77. The number of ether oxygens (including phenoxy) is 1. The van der Waals surface area contributed by atoms with Crippen LogP contribution in [-0.4, -0.2) is 44.0 Å². The molecule has 3 rings (SSSR count). The number of likely N-dealkylation sites (tertiary alicyclic amines) is 1. The molecule has 1 spiro atoms. The van der Waals surface area contributed by atoms with Crippen LogP contribution in [0, 0.1) is 12.3 Å². The van der Waals surface area contributed by atoms with E-state index in [0.29, 0.717) is 13.1 Å². The Bertz CT molecular complexity index is 728. The van der Waals surface area contributed by atoms with Crippen LogP contribution < -0.4 is 4.72 Å². The standard InChI is InChI=1S/C20H33N3O3S2/c1-13-21-14-12-20(16(15(14)27-13)22-28(25)19(5,6)7)8-10-23(11-9-20)17(24)26-18(2,3)4/h16,22H,8-12H2,1-7H3/t16-,28?/m1/s1. The third kappa shape index (κ3) is 4.50. The minimum Gasteiger partial charge on any atom is -0.598 e. The number of carbonyl (C=O) groups is 1. The number of fused-ring (bicyclic) bond motifs is 1. The molecule has 1 N–H and O–H groups in total. The van der Waals surface area contributed by atoms with Crippen LogP contribution in [0.3, 0.4) is 0 Å². The molecule has 6 nitrogen and oxygen atoms in total. The Morgan fingerprint density at radius 1 is 1.29 bits per heavy atom. The molecule has 158 valence electrons. The van der Waals surface area contributed by atoms with Crippen molar-refractivity contribution < 1.29 is 14.1 Å². The Labute approximate surface area is 175 Å². The highest BCUT2D eigenvalue weighted by Gasteiger charge is 2.52. The van der Waals surface area contributed by atoms with Crippen LogP contribution in [0.1, 0.15) is 76.0 Å². The number of thiazole rings is 1. The Kier molecular flexibility index (Phi) is 5.82. The molecule has 1 amide bonds. The first-order valence-electron chi connectivity index (χ1n) is 9.93. The minimum absolute atomic E-state index is 0.0227. The number of carbonyl (C=O) groups excluding carboxylic acids is 1. The maximum Gasteiger partial charge on any atom is 0.410 e. The molecule has 1 aromatic heterocycles. The Hall–Kier alpha value is -0.830. The lowest BCUT2D eigenvalue weighted by Gasteiger charge is -2.43. The summed E-state index contributed by atoms with van der Waals surface area (Å²) in [7, 11) is 0. The van der Waals surface area contributed by atoms with E-state index in [4.69, 9.17) is 9.72 Å². The topological polar surface area (TPSA) is 77.5 Å². The van der Waals surface area contributed by atoms with Gasteiger partial charge in [-0.3, -0.25) is 0 Å². The van der Waals surface area contributed by atoms with E-state index in [0.717, 1.165) is 30.0 Å². The maximum atomic E-state index is 12.9. The van der Waals surface area contributed by atoms with Gasteiger partial charge in [0.2, 0.25) is 0 Å². The molecule has 0 radical (unpaired) electrons. The van der Waals surface area contributed by atoms with Crippen molar-refractivity contribution in [2.45, 2.75) is 84.1 Å². The van der Waals surface area contributed by atoms with E-state index in [2.05, 4.69) is 4.72 Å². The smallest absolute Gasteiger partial charge is 0.410 e. The van der Waals surface area contributed by atoms with E-state index in [1.165, 1.54) is 4.88 Å². The molecule has 2 atom stereocenters. The first kappa shape index (κ1) is 21.9. The maximum absolute atomic E-state index is 12.9. The number of aryl methyl sites for hydroxylation is 1. The summed E-state index contributed by atoms with van der Waals surface area (Å²) in [5, 5.41) is 1.05. The van der Waals surface area contributed by atoms with Crippen molar-refractivity contribution in [3.63, 3.8) is 0 Å². The van der Waals surface area contributed by atoms with Crippen LogP contribution in [0.4, 0.5) is 4.79 Å². The van der Waals surface area contributed by atoms with E-state index in [1.54, 1.807) is 16.2 Å². The zero-order chi connectivity index (χ0) is 20.9. The third-order valence-corrected chi connectivity index (χ3v) is 8.06. The van der Waals surface area contributed by atoms with Crippen LogP contribution in [0.25, 0.3) is 0 Å². The summed E-state index contributed by atoms with van der Waals surface area (Å²) in [5.41, 5.74) is 0.608. The number of piperidine rings is 1. The van der Waals surface area contributed by atoms with Crippen molar-refractivity contribution in [1.82, 2.24) is 14.6 Å². The second-order valence-corrected chi connectivity index (χ2v) is 13.2. The van der Waals surface area contributed by atoms with Gasteiger partial charge in [-0.2, -0.15) is 0 Å². The van der Waals surface area contributed by atoms with Crippen LogP contribution in [0.5, 0.6) is 0 Å². The molecule has 0 bridgehead atoms. The fourth-order valence-corrected chi connectivity index (χ4v) is 6.09. The predicted octanol–water partition coefficient (Wildman–Crippen LogP) is 4.12. The second kappa shape index (κ2) is 7.45. The van der Waals surface area contributed by atoms with E-state index >= 15 is 0 Å². The molecule has 2 aliphatic rings. The quantitative estimate of drug-likeness (QED) is 0.719. The van der Waals surface area contributed by atoms with Gasteiger partial charge in [-0.15, -0.1) is 16.1 Å². The van der Waals surface area contributed by atoms with Crippen molar-refractivity contribution in [1.29, 1.82) is 0 Å². The van der Waals surface area contributed by atoms with Crippen molar-refractivity contribution in [2.24, 2.45) is 5.41 Å². The average Bonchev–Trinajstić information content (AvgIpc) is 3.00. The van der Waals surface area contributed by atoms with Gasteiger partial charge in [0.25, 0.3) is 0 Å². The summed E-state index contributed by atoms with van der Waals surface area (Å²) in [5.74, 6) is 0. The molecule has 1 saturated heterocycles. The first-order valence-corrected chi connectivity index (χ1v) is 11.9. The number of nitrogens with zero attached hydrogens (tertiary/aromatic N) is 2. The molecule has 2 heterocycles. The molecule has 28 heavy (non-hydrogen) atoms. The number of hydrogen-bond donors (Lipinski definition) is 1. The molecular formula is C20H33N3O3S2. The lowest BCUT2D eigenvalue weighted by atomic mass is 9.74. The van der Waals surface area contributed by atoms with Gasteiger partial charge >= 0.3 is 6.09 Å². The molecule has 0 saturated carbocycles. The van der Waals surface area contributed by atoms with E-state index in [-0.39, 0.29) is 22.3 Å². The van der Waals surface area contributed by atoms with Crippen molar-refractivity contribution in [3.8, 4) is 0 Å². The van der Waals surface area contributed by atoms with E-state index in [1.807, 2.05) is 48.5 Å². The van der Waals surface area contributed by atoms with Crippen LogP contribution in [-0.2, 0) is 22.5 Å². The van der Waals surface area contributed by atoms with Gasteiger partial charge in [0.15, 0.2) is 0 Å². The van der Waals surface area contributed by atoms with Crippen molar-refractivity contribution >= 4 is 28.8 Å². The van der Waals surface area contributed by atoms with Crippen LogP contribution >= 0.6 is 11.3 Å². The normalized spacial score (nSPS) is 23.0. The molecular weight excluding hydrogens is 394 g/mol. The van der Waals surface area contributed by atoms with Gasteiger partial charge in [-0.25, -0.2) is 9.78 Å². The summed E-state index contributed by atoms with van der Waals surface area (Å²) in [6.07, 6.45) is 2.35. The molecule has 1 unspecified atom stereocenters. The minimum atomic E-state index is -1.16. The van der Waals surface area contributed by atoms with E-state index < -0.39 is 17.0 Å². The van der Waals surface area contributed by atoms with Gasteiger partial charge in [-0.05, 0) is 67.7 Å². The third-order valence-electron chi connectivity index (χ3n) is 5.42. The predicted molar refractivity (Wildman–Crippen MR) is 114 cm³/mol. The van der Waals surface area contributed by atoms with E-state index in [9.17, 15) is 9.35 Å². The van der Waals surface area contributed by atoms with Crippen LogP contribution in [0.15, 0.2) is 0 Å². The second-order valence-electron chi connectivity index (χ2n) is 9.98. The zero-order valence-corrected chi connectivity index (χ0v) is 19.7. The summed E-state index contributed by atoms with van der Waals surface area (Å²) in [6.45, 7) is 15.0. The lowest BCUT2D eigenvalue weighted by Crippen LogP contribution is -2.51. The van der Waals surface area contributed by atoms with Crippen molar-refractivity contribution in [2.75, 3.05) is 13.1 Å². The van der Waals surface area contributed by atoms with Gasteiger partial charge in [0.1, 0.15) is 10.3 Å². The number of aromatic nitrogens is 1. The van der Waals surface area contributed by atoms with Crippen LogP contribution in [0.2, 0.25) is 0 Å². The number of amides is 1. The molecule has 1 aromatic rings. The zero-order valence-electron chi connectivity index (χ0n) is 18.0. The summed E-state index contributed by atoms with van der Waals surface area (Å²) < 4.78 is 21.5. The van der Waals surface area contributed by atoms with Crippen molar-refractivity contribution in [3.05, 3.63) is 15.6 Å². The molecule has 1 aliphatic carbocycles. The summed E-state index contributed by atoms with van der Waals surface area (Å²) in [6, 6.07) is 0.0227. The number of hydrogen-bond acceptors (Lipinski definition) is 6. The fourth-order valence-electron chi connectivity index (χ4n) is 3.94. The SMILES string of the molecule is Cc1nc2c(s1)[C@@H](N[S+]([O-])C(C)(C)C)C1(CCN(C(=O)OC(C)(C)C)CC1)C2. The number of rotatable bonds is 2. The lowest BCUT2D eigenvalue weighted by molar-refractivity contribution is 0.00718. The monoisotopic (exact) mass is 427 g/mol. The average molecular weight is 428 g/mol. The molecule has 1 fully saturated rings. The fraction of sp³-hybridized carbons (Fsp3) is 0.800. The number of nitrogens with one attached hydrogen (secondary N) is 1. The van der Waals surface area contributed by atoms with Gasteiger partial charge < -0.3 is 14.2 Å². The Morgan fingerprint density at radius 3 is 2.43 bits per heavy atom. The largest absolute Gasteiger partial charge is 0.598 e. The van der Waals surface area contributed by atoms with Gasteiger partial charge in [-0.1, -0.05) is 0 Å². The Morgan fingerprint density at radius 2 is 1.89 bits per heavy atom.